The minimum absolute atomic E-state index is 0.235. The van der Waals surface area contributed by atoms with Crippen LogP contribution in [0.15, 0.2) is 36.4 Å². The Bertz CT molecular complexity index is 1920. The van der Waals surface area contributed by atoms with E-state index < -0.39 is 0 Å². The zero-order valence-corrected chi connectivity index (χ0v) is 39.2. The third-order valence-electron chi connectivity index (χ3n) is 11.9. The van der Waals surface area contributed by atoms with Crippen molar-refractivity contribution in [3.05, 3.63) is 109 Å². The van der Waals surface area contributed by atoms with E-state index in [4.69, 9.17) is 0 Å². The molecule has 4 aromatic rings. The smallest absolute Gasteiger partial charge is 0.123 e. The molecule has 0 atom stereocenters. The average molecular weight is 761 g/mol. The van der Waals surface area contributed by atoms with E-state index in [9.17, 15) is 15.3 Å². The fourth-order valence-electron chi connectivity index (χ4n) is 8.50. The molecule has 56 heavy (non-hydrogen) atoms. The van der Waals surface area contributed by atoms with Gasteiger partial charge in [0.05, 0.1) is 0 Å². The predicted molar refractivity (Wildman–Crippen MR) is 242 cm³/mol. The Labute approximate surface area is 342 Å². The molecule has 0 aliphatic carbocycles. The SMILES string of the molecule is Cc1c(Cc2cc(C(C)(C)C)c(O)c(C(C)(C)C)c2)c(C)c(-c2cc(C(C)(C)C)c(O)c(C(C)(C)C)c2)c(C)c1Cc1cc(C(C)(C)C)c(O)c(C(C)(C)C)c1. The molecule has 0 saturated heterocycles. The Morgan fingerprint density at radius 3 is 0.768 bits per heavy atom. The largest absolute Gasteiger partial charge is 0.507 e. The van der Waals surface area contributed by atoms with Crippen molar-refractivity contribution < 1.29 is 15.3 Å². The van der Waals surface area contributed by atoms with Gasteiger partial charge in [0.15, 0.2) is 0 Å². The van der Waals surface area contributed by atoms with Crippen LogP contribution in [0.4, 0.5) is 0 Å². The summed E-state index contributed by atoms with van der Waals surface area (Å²) >= 11 is 0. The quantitative estimate of drug-likeness (QED) is 0.190. The summed E-state index contributed by atoms with van der Waals surface area (Å²) in [5.41, 5.74) is 15.4. The van der Waals surface area contributed by atoms with Gasteiger partial charge >= 0.3 is 0 Å². The van der Waals surface area contributed by atoms with E-state index in [1.165, 1.54) is 44.5 Å². The van der Waals surface area contributed by atoms with Gasteiger partial charge in [0.25, 0.3) is 0 Å². The van der Waals surface area contributed by atoms with Gasteiger partial charge in [-0.25, -0.2) is 0 Å². The summed E-state index contributed by atoms with van der Waals surface area (Å²) in [4.78, 5) is 0. The number of rotatable bonds is 5. The molecule has 0 spiro atoms. The van der Waals surface area contributed by atoms with Gasteiger partial charge in [-0.2, -0.15) is 0 Å². The van der Waals surface area contributed by atoms with E-state index >= 15 is 0 Å². The van der Waals surface area contributed by atoms with E-state index in [0.29, 0.717) is 17.2 Å². The van der Waals surface area contributed by atoms with Crippen LogP contribution in [0, 0.1) is 20.8 Å². The molecule has 306 valence electrons. The zero-order chi connectivity index (χ0) is 43.0. The Morgan fingerprint density at radius 2 is 0.554 bits per heavy atom. The zero-order valence-electron chi connectivity index (χ0n) is 39.2. The van der Waals surface area contributed by atoms with Crippen molar-refractivity contribution in [1.82, 2.24) is 0 Å². The molecule has 3 nitrogen and oxygen atoms in total. The molecule has 0 fully saturated rings. The van der Waals surface area contributed by atoms with E-state index in [0.717, 1.165) is 51.8 Å². The Hall–Kier alpha value is -3.72. The van der Waals surface area contributed by atoms with Crippen LogP contribution in [0.1, 0.15) is 197 Å². The molecule has 0 amide bonds. The first kappa shape index (κ1) is 45.0. The summed E-state index contributed by atoms with van der Waals surface area (Å²) in [6.07, 6.45) is 1.44. The van der Waals surface area contributed by atoms with Gasteiger partial charge in [0.2, 0.25) is 0 Å². The summed E-state index contributed by atoms with van der Waals surface area (Å²) in [6.45, 7) is 46.0. The fraction of sp³-hybridized carbons (Fsp3) is 0.547. The molecule has 0 unspecified atom stereocenters. The number of aromatic hydroxyl groups is 3. The van der Waals surface area contributed by atoms with Crippen molar-refractivity contribution in [2.24, 2.45) is 0 Å². The van der Waals surface area contributed by atoms with Crippen molar-refractivity contribution >= 4 is 0 Å². The highest BCUT2D eigenvalue weighted by Crippen LogP contribution is 2.47. The molecule has 0 bridgehead atoms. The fourth-order valence-corrected chi connectivity index (χ4v) is 8.50. The molecule has 4 aromatic carbocycles. The van der Waals surface area contributed by atoms with Gasteiger partial charge in [0, 0.05) is 11.1 Å². The number of hydrogen-bond donors (Lipinski definition) is 3. The number of benzene rings is 4. The molecule has 0 heterocycles. The maximum atomic E-state index is 11.8. The van der Waals surface area contributed by atoms with Gasteiger partial charge in [-0.3, -0.25) is 0 Å². The molecular formula is C53H76O3. The van der Waals surface area contributed by atoms with E-state index in [-0.39, 0.29) is 32.5 Å². The first-order valence-corrected chi connectivity index (χ1v) is 20.8. The maximum Gasteiger partial charge on any atom is 0.123 e. The third-order valence-corrected chi connectivity index (χ3v) is 11.9. The molecule has 0 aromatic heterocycles. The second kappa shape index (κ2) is 14.6. The molecule has 3 N–H and O–H groups in total. The van der Waals surface area contributed by atoms with Crippen LogP contribution in [0.2, 0.25) is 0 Å². The maximum absolute atomic E-state index is 11.8. The van der Waals surface area contributed by atoms with Gasteiger partial charge in [0.1, 0.15) is 17.2 Å². The van der Waals surface area contributed by atoms with Crippen molar-refractivity contribution in [2.45, 2.75) is 191 Å². The lowest BCUT2D eigenvalue weighted by Gasteiger charge is -2.31. The van der Waals surface area contributed by atoms with Crippen LogP contribution >= 0.6 is 0 Å². The van der Waals surface area contributed by atoms with Crippen molar-refractivity contribution in [3.8, 4) is 28.4 Å². The minimum atomic E-state index is -0.268. The molecule has 3 heteroatoms. The average Bonchev–Trinajstić information content (AvgIpc) is 2.99. The molecular weight excluding hydrogens is 685 g/mol. The van der Waals surface area contributed by atoms with Crippen molar-refractivity contribution in [3.63, 3.8) is 0 Å². The first-order valence-electron chi connectivity index (χ1n) is 20.8. The second-order valence-electron chi connectivity index (χ2n) is 23.1. The summed E-state index contributed by atoms with van der Waals surface area (Å²) in [7, 11) is 0. The number of hydrogen-bond acceptors (Lipinski definition) is 3. The van der Waals surface area contributed by atoms with Gasteiger partial charge in [-0.1, -0.05) is 149 Å². The highest BCUT2D eigenvalue weighted by molar-refractivity contribution is 5.78. The van der Waals surface area contributed by atoms with Crippen LogP contribution in [-0.2, 0) is 45.3 Å². The lowest BCUT2D eigenvalue weighted by atomic mass is 9.74. The van der Waals surface area contributed by atoms with Crippen molar-refractivity contribution in [1.29, 1.82) is 0 Å². The summed E-state index contributed by atoms with van der Waals surface area (Å²) in [5.74, 6) is 1.19. The Kier molecular flexibility index (Phi) is 11.7. The van der Waals surface area contributed by atoms with Crippen molar-refractivity contribution in [2.75, 3.05) is 0 Å². The number of phenols is 3. The standard InChI is InChI=1S/C53H76O3/c1-30-36(22-33-24-38(48(4,5)6)45(54)39(25-33)49(7,8)9)31(2)44(35-28-42(52(16,17)18)47(56)43(29-35)53(19,20)21)32(3)37(30)23-34-26-40(50(10,11)12)46(55)41(27-34)51(13,14)15/h24-29,54-56H,22-23H2,1-21H3. The second-order valence-corrected chi connectivity index (χ2v) is 23.1. The van der Waals surface area contributed by atoms with E-state index in [1.807, 2.05) is 0 Å². The van der Waals surface area contributed by atoms with Crippen LogP contribution in [0.3, 0.4) is 0 Å². The minimum Gasteiger partial charge on any atom is -0.507 e. The van der Waals surface area contributed by atoms with E-state index in [2.05, 4.69) is 182 Å². The van der Waals surface area contributed by atoms with Gasteiger partial charge < -0.3 is 15.3 Å². The van der Waals surface area contributed by atoms with Gasteiger partial charge in [-0.05, 0) is 151 Å². The summed E-state index contributed by atoms with van der Waals surface area (Å²) in [5, 5.41) is 35.1. The topological polar surface area (TPSA) is 60.7 Å². The van der Waals surface area contributed by atoms with E-state index in [1.54, 1.807) is 0 Å². The lowest BCUT2D eigenvalue weighted by molar-refractivity contribution is 0.422. The normalized spacial score (nSPS) is 13.4. The Morgan fingerprint density at radius 1 is 0.339 bits per heavy atom. The highest BCUT2D eigenvalue weighted by Gasteiger charge is 2.31. The predicted octanol–water partition coefficient (Wildman–Crippen LogP) is 14.4. The molecule has 0 saturated carbocycles. The van der Waals surface area contributed by atoms with Crippen LogP contribution < -0.4 is 0 Å². The molecule has 0 aliphatic heterocycles. The van der Waals surface area contributed by atoms with Crippen LogP contribution in [-0.4, -0.2) is 15.3 Å². The third kappa shape index (κ3) is 9.03. The highest BCUT2D eigenvalue weighted by atomic mass is 16.3. The molecule has 0 aliphatic rings. The van der Waals surface area contributed by atoms with Crippen LogP contribution in [0.25, 0.3) is 11.1 Å². The first-order chi connectivity index (χ1) is 25.1. The number of phenolic OH excluding ortho intramolecular Hbond substituents is 3. The van der Waals surface area contributed by atoms with Gasteiger partial charge in [-0.15, -0.1) is 0 Å². The van der Waals surface area contributed by atoms with Crippen LogP contribution in [0.5, 0.6) is 17.2 Å². The molecule has 0 radical (unpaired) electrons. The summed E-state index contributed by atoms with van der Waals surface area (Å²) in [6, 6.07) is 13.4. The Balaban J connectivity index is 2.19. The monoisotopic (exact) mass is 761 g/mol. The molecule has 4 rings (SSSR count). The summed E-state index contributed by atoms with van der Waals surface area (Å²) < 4.78 is 0. The lowest BCUT2D eigenvalue weighted by Crippen LogP contribution is -2.19.